The van der Waals surface area contributed by atoms with Crippen molar-refractivity contribution < 1.29 is 9.53 Å². The number of carbonyl (C=O) groups excluding carboxylic acids is 1. The zero-order chi connectivity index (χ0) is 14.1. The van der Waals surface area contributed by atoms with Gasteiger partial charge in [0.25, 0.3) is 0 Å². The fourth-order valence-corrected chi connectivity index (χ4v) is 4.14. The van der Waals surface area contributed by atoms with Gasteiger partial charge in [-0.15, -0.1) is 0 Å². The summed E-state index contributed by atoms with van der Waals surface area (Å²) in [4.78, 5) is 14.1. The summed E-state index contributed by atoms with van der Waals surface area (Å²) in [5, 5.41) is 0. The second-order valence-electron chi connectivity index (χ2n) is 7.54. The highest BCUT2D eigenvalue weighted by atomic mass is 16.5. The molecule has 0 aromatic rings. The number of morpholine rings is 1. The van der Waals surface area contributed by atoms with E-state index < -0.39 is 0 Å². The van der Waals surface area contributed by atoms with Gasteiger partial charge in [-0.05, 0) is 39.5 Å². The minimum Gasteiger partial charge on any atom is -0.370 e. The molecule has 1 aliphatic carbocycles. The van der Waals surface area contributed by atoms with Crippen molar-refractivity contribution in [2.45, 2.75) is 65.1 Å². The summed E-state index contributed by atoms with van der Waals surface area (Å²) in [5.41, 5.74) is -0.202. The molecule has 3 atom stereocenters. The van der Waals surface area contributed by atoms with E-state index in [1.165, 1.54) is 19.1 Å². The number of ether oxygens (including phenoxy) is 1. The molecule has 0 aromatic heterocycles. The van der Waals surface area contributed by atoms with Crippen LogP contribution >= 0.6 is 0 Å². The molecular formula is C16H29NO2. The lowest BCUT2D eigenvalue weighted by Crippen LogP contribution is -2.55. The van der Waals surface area contributed by atoms with Crippen molar-refractivity contribution >= 4 is 6.29 Å². The summed E-state index contributed by atoms with van der Waals surface area (Å²) < 4.78 is 5.95. The van der Waals surface area contributed by atoms with Crippen LogP contribution in [0.2, 0.25) is 0 Å². The van der Waals surface area contributed by atoms with Gasteiger partial charge in [-0.3, -0.25) is 4.90 Å². The van der Waals surface area contributed by atoms with Crippen LogP contribution in [0.25, 0.3) is 0 Å². The number of rotatable bonds is 3. The zero-order valence-corrected chi connectivity index (χ0v) is 12.9. The number of hydrogen-bond acceptors (Lipinski definition) is 3. The molecule has 110 valence electrons. The first-order chi connectivity index (χ1) is 8.84. The van der Waals surface area contributed by atoms with E-state index in [2.05, 4.69) is 32.6 Å². The van der Waals surface area contributed by atoms with E-state index in [4.69, 9.17) is 4.74 Å². The molecule has 1 aliphatic heterocycles. The van der Waals surface area contributed by atoms with Crippen LogP contribution < -0.4 is 0 Å². The van der Waals surface area contributed by atoms with Crippen molar-refractivity contribution in [2.24, 2.45) is 11.3 Å². The van der Waals surface area contributed by atoms with Gasteiger partial charge in [0.1, 0.15) is 6.29 Å². The molecule has 0 spiro atoms. The van der Waals surface area contributed by atoms with E-state index >= 15 is 0 Å². The fraction of sp³-hybridized carbons (Fsp3) is 0.938. The van der Waals surface area contributed by atoms with Gasteiger partial charge in [-0.1, -0.05) is 19.8 Å². The molecule has 3 unspecified atom stereocenters. The molecule has 0 radical (unpaired) electrons. The van der Waals surface area contributed by atoms with Crippen molar-refractivity contribution in [1.29, 1.82) is 0 Å². The Hall–Kier alpha value is -0.410. The summed E-state index contributed by atoms with van der Waals surface area (Å²) in [7, 11) is 0. The average Bonchev–Trinajstić information content (AvgIpc) is 2.25. The third-order valence-corrected chi connectivity index (χ3v) is 4.55. The van der Waals surface area contributed by atoms with Crippen LogP contribution in [-0.2, 0) is 9.53 Å². The standard InChI is InChI=1S/C16H29NO2/c1-13-6-5-7-16(8-13,12-18)11-17-9-14(2)19-15(3,4)10-17/h12-14H,5-11H2,1-4H3. The maximum Gasteiger partial charge on any atom is 0.127 e. The first-order valence-corrected chi connectivity index (χ1v) is 7.71. The molecule has 2 fully saturated rings. The molecule has 2 rings (SSSR count). The molecular weight excluding hydrogens is 238 g/mol. The number of aldehydes is 1. The predicted molar refractivity (Wildman–Crippen MR) is 77.2 cm³/mol. The number of nitrogens with zero attached hydrogens (tertiary/aromatic N) is 1. The first kappa shape index (κ1) is 15.0. The summed E-state index contributed by atoms with van der Waals surface area (Å²) in [6, 6.07) is 0. The van der Waals surface area contributed by atoms with Gasteiger partial charge < -0.3 is 9.53 Å². The Kier molecular flexibility index (Phi) is 4.36. The maximum atomic E-state index is 11.7. The van der Waals surface area contributed by atoms with E-state index in [0.717, 1.165) is 32.5 Å². The maximum absolute atomic E-state index is 11.7. The van der Waals surface area contributed by atoms with Crippen LogP contribution in [0.1, 0.15) is 53.4 Å². The number of carbonyl (C=O) groups is 1. The highest BCUT2D eigenvalue weighted by Crippen LogP contribution is 2.39. The monoisotopic (exact) mass is 267 g/mol. The SMILES string of the molecule is CC1CCCC(C=O)(CN2CC(C)OC(C)(C)C2)C1. The van der Waals surface area contributed by atoms with Crippen LogP contribution in [0, 0.1) is 11.3 Å². The Labute approximate surface area is 117 Å². The van der Waals surface area contributed by atoms with E-state index in [1.807, 2.05) is 0 Å². The number of hydrogen-bond donors (Lipinski definition) is 0. The molecule has 2 aliphatic rings. The normalized spacial score (nSPS) is 40.0. The molecule has 0 amide bonds. The predicted octanol–water partition coefficient (Wildman–Crippen LogP) is 2.88. The van der Waals surface area contributed by atoms with E-state index in [0.29, 0.717) is 5.92 Å². The molecule has 3 nitrogen and oxygen atoms in total. The van der Waals surface area contributed by atoms with Gasteiger partial charge in [0.2, 0.25) is 0 Å². The van der Waals surface area contributed by atoms with Crippen molar-refractivity contribution in [1.82, 2.24) is 4.90 Å². The summed E-state index contributed by atoms with van der Waals surface area (Å²) in [5.74, 6) is 0.686. The highest BCUT2D eigenvalue weighted by molar-refractivity contribution is 5.60. The molecule has 3 heteroatoms. The first-order valence-electron chi connectivity index (χ1n) is 7.71. The van der Waals surface area contributed by atoms with Gasteiger partial charge in [-0.2, -0.15) is 0 Å². The minimum absolute atomic E-state index is 0.0952. The van der Waals surface area contributed by atoms with Gasteiger partial charge in [-0.25, -0.2) is 0 Å². The smallest absolute Gasteiger partial charge is 0.127 e. The van der Waals surface area contributed by atoms with Crippen molar-refractivity contribution in [3.8, 4) is 0 Å². The fourth-order valence-electron chi connectivity index (χ4n) is 4.14. The Balaban J connectivity index is 2.03. The molecule has 0 bridgehead atoms. The lowest BCUT2D eigenvalue weighted by Gasteiger charge is -2.46. The Morgan fingerprint density at radius 2 is 2.11 bits per heavy atom. The van der Waals surface area contributed by atoms with Crippen molar-refractivity contribution in [3.05, 3.63) is 0 Å². The lowest BCUT2D eigenvalue weighted by molar-refractivity contribution is -0.142. The van der Waals surface area contributed by atoms with Crippen LogP contribution in [0.4, 0.5) is 0 Å². The van der Waals surface area contributed by atoms with E-state index in [-0.39, 0.29) is 17.1 Å². The lowest BCUT2D eigenvalue weighted by atomic mass is 9.70. The summed E-state index contributed by atoms with van der Waals surface area (Å²) >= 11 is 0. The Morgan fingerprint density at radius 1 is 1.37 bits per heavy atom. The zero-order valence-electron chi connectivity index (χ0n) is 12.9. The van der Waals surface area contributed by atoms with Crippen LogP contribution in [0.5, 0.6) is 0 Å². The summed E-state index contributed by atoms with van der Waals surface area (Å²) in [6.07, 6.45) is 6.10. The minimum atomic E-state index is -0.106. The van der Waals surface area contributed by atoms with E-state index in [1.54, 1.807) is 0 Å². The average molecular weight is 267 g/mol. The van der Waals surface area contributed by atoms with Crippen molar-refractivity contribution in [3.63, 3.8) is 0 Å². The Morgan fingerprint density at radius 3 is 2.68 bits per heavy atom. The van der Waals surface area contributed by atoms with Crippen LogP contribution in [0.15, 0.2) is 0 Å². The van der Waals surface area contributed by atoms with E-state index in [9.17, 15) is 4.79 Å². The van der Waals surface area contributed by atoms with Crippen LogP contribution in [-0.4, -0.2) is 42.5 Å². The molecule has 1 saturated carbocycles. The third-order valence-electron chi connectivity index (χ3n) is 4.55. The Bertz CT molecular complexity index is 329. The molecule has 19 heavy (non-hydrogen) atoms. The second kappa shape index (κ2) is 5.53. The van der Waals surface area contributed by atoms with Gasteiger partial charge >= 0.3 is 0 Å². The highest BCUT2D eigenvalue weighted by Gasteiger charge is 2.39. The van der Waals surface area contributed by atoms with Gasteiger partial charge in [0, 0.05) is 25.0 Å². The summed E-state index contributed by atoms with van der Waals surface area (Å²) in [6.45, 7) is 11.5. The van der Waals surface area contributed by atoms with Crippen molar-refractivity contribution in [2.75, 3.05) is 19.6 Å². The topological polar surface area (TPSA) is 29.5 Å². The quantitative estimate of drug-likeness (QED) is 0.736. The largest absolute Gasteiger partial charge is 0.370 e. The molecule has 1 saturated heterocycles. The van der Waals surface area contributed by atoms with Gasteiger partial charge in [0.05, 0.1) is 11.7 Å². The molecule has 0 aromatic carbocycles. The third kappa shape index (κ3) is 3.79. The van der Waals surface area contributed by atoms with Gasteiger partial charge in [0.15, 0.2) is 0 Å². The molecule has 0 N–H and O–H groups in total. The van der Waals surface area contributed by atoms with Crippen LogP contribution in [0.3, 0.4) is 0 Å². The molecule has 1 heterocycles. The second-order valence-corrected chi connectivity index (χ2v) is 7.54.